The molecule has 4 nitrogen and oxygen atoms in total. The molecule has 4 aliphatic rings. The van der Waals surface area contributed by atoms with E-state index < -0.39 is 0 Å². The van der Waals surface area contributed by atoms with Crippen LogP contribution in [0, 0.1) is 0 Å². The molecule has 0 saturated heterocycles. The Balaban J connectivity index is 0.000000184. The van der Waals surface area contributed by atoms with E-state index in [-0.39, 0.29) is 51.0 Å². The topological polar surface area (TPSA) is 50.5 Å². The Morgan fingerprint density at radius 1 is 0.488 bits per heavy atom. The van der Waals surface area contributed by atoms with Crippen molar-refractivity contribution in [2.45, 2.75) is 27.7 Å². The van der Waals surface area contributed by atoms with Crippen molar-refractivity contribution in [3.8, 4) is 0 Å². The normalized spacial score (nSPS) is 16.0. The van der Waals surface area contributed by atoms with Gasteiger partial charge in [-0.25, -0.2) is 0 Å². The molecule has 8 rings (SSSR count). The molecular weight excluding hydrogens is 651 g/mol. The maximum absolute atomic E-state index is 4.60. The van der Waals surface area contributed by atoms with Crippen molar-refractivity contribution in [3.05, 3.63) is 142 Å². The van der Waals surface area contributed by atoms with Gasteiger partial charge in [0.25, 0.3) is 0 Å². The van der Waals surface area contributed by atoms with Crippen molar-refractivity contribution in [1.82, 2.24) is 9.97 Å². The molecule has 0 bridgehead atoms. The van der Waals surface area contributed by atoms with Crippen LogP contribution in [-0.4, -0.2) is 21.4 Å². The third-order valence-corrected chi connectivity index (χ3v) is 7.65. The van der Waals surface area contributed by atoms with Gasteiger partial charge in [0.2, 0.25) is 0 Å². The van der Waals surface area contributed by atoms with Gasteiger partial charge < -0.3 is 24.8 Å². The molecule has 4 aromatic rings. The second-order valence-corrected chi connectivity index (χ2v) is 10.6. The van der Waals surface area contributed by atoms with Gasteiger partial charge in [-0.2, -0.15) is 0 Å². The molecule has 0 radical (unpaired) electrons. The summed E-state index contributed by atoms with van der Waals surface area (Å²) in [7, 11) is 0. The van der Waals surface area contributed by atoms with Crippen molar-refractivity contribution in [2.24, 2.45) is 9.98 Å². The van der Waals surface area contributed by atoms with E-state index in [1.807, 2.05) is 62.6 Å². The number of pyridine rings is 2. The first-order chi connectivity index (χ1) is 19.4. The molecule has 0 N–H and O–H groups in total. The van der Waals surface area contributed by atoms with E-state index in [1.54, 1.807) is 0 Å². The summed E-state index contributed by atoms with van der Waals surface area (Å²) in [6.07, 6.45) is 12.7. The Kier molecular flexibility index (Phi) is 9.81. The Hall–Kier alpha value is -3.50. The molecular formula is C36H28Cl2N4Zr. The zero-order valence-corrected chi connectivity index (χ0v) is 28.3. The minimum atomic E-state index is 0. The summed E-state index contributed by atoms with van der Waals surface area (Å²) in [4.78, 5) is 18.3. The van der Waals surface area contributed by atoms with Crippen LogP contribution in [0.15, 0.2) is 141 Å². The van der Waals surface area contributed by atoms with Crippen LogP contribution < -0.4 is 24.8 Å². The second kappa shape index (κ2) is 13.0. The molecule has 0 spiro atoms. The molecule has 0 fully saturated rings. The molecule has 0 atom stereocenters. The Labute approximate surface area is 283 Å². The Morgan fingerprint density at radius 2 is 0.884 bits per heavy atom. The molecule has 0 saturated carbocycles. The van der Waals surface area contributed by atoms with E-state index in [4.69, 9.17) is 0 Å². The first-order valence-electron chi connectivity index (χ1n) is 13.6. The molecule has 0 amide bonds. The van der Waals surface area contributed by atoms with Gasteiger partial charge >= 0.3 is 26.2 Å². The Morgan fingerprint density at radius 3 is 1.30 bits per heavy atom. The van der Waals surface area contributed by atoms with Crippen molar-refractivity contribution in [1.29, 1.82) is 0 Å². The van der Waals surface area contributed by atoms with Crippen LogP contribution >= 0.6 is 0 Å². The fourth-order valence-corrected chi connectivity index (χ4v) is 5.74. The monoisotopic (exact) mass is 676 g/mol. The van der Waals surface area contributed by atoms with Gasteiger partial charge in [-0.05, 0) is 98.6 Å². The standard InChI is InChI=1S/2C18H14N2.2ClH.Zr/c2*1-11-7-15(16-8-12(2)20-18(11)16)14-9-13-5-3-4-6-17(13)19-10-14;;;/h2*3-10H,1-2H3;2*1H;/q;;;;+2/p-2. The predicted molar refractivity (Wildman–Crippen MR) is 167 cm³/mol. The van der Waals surface area contributed by atoms with Crippen LogP contribution in [0.1, 0.15) is 38.8 Å². The summed E-state index contributed by atoms with van der Waals surface area (Å²) in [6, 6.07) is 20.8. The zero-order valence-electron chi connectivity index (χ0n) is 24.3. The second-order valence-electron chi connectivity index (χ2n) is 10.6. The molecule has 2 aliphatic heterocycles. The summed E-state index contributed by atoms with van der Waals surface area (Å²) in [6.45, 7) is 8.32. The van der Waals surface area contributed by atoms with Gasteiger partial charge in [0.05, 0.1) is 22.4 Å². The van der Waals surface area contributed by atoms with Crippen LogP contribution in [0.3, 0.4) is 0 Å². The molecule has 2 aromatic heterocycles. The van der Waals surface area contributed by atoms with E-state index in [0.29, 0.717) is 0 Å². The number of aromatic nitrogens is 2. The van der Waals surface area contributed by atoms with Gasteiger partial charge in [-0.3, -0.25) is 20.0 Å². The fourth-order valence-electron chi connectivity index (χ4n) is 5.74. The average molecular weight is 679 g/mol. The predicted octanol–water partition coefficient (Wildman–Crippen LogP) is 2.62. The number of fused-ring (bicyclic) bond motifs is 4. The van der Waals surface area contributed by atoms with E-state index >= 15 is 0 Å². The van der Waals surface area contributed by atoms with Crippen molar-refractivity contribution < 1.29 is 51.0 Å². The number of halogens is 2. The first kappa shape index (κ1) is 32.4. The number of aliphatic imine (C=N–C) groups is 2. The average Bonchev–Trinajstić information content (AvgIpc) is 3.70. The van der Waals surface area contributed by atoms with Crippen LogP contribution in [0.2, 0.25) is 0 Å². The SMILES string of the molecule is CC1=NC2=C(C)C=C(c3cnc4ccccc4c3)C2=C1.CC1=NC2=C(C)C=C(c3cnc4ccccc4c3)C2=C1.[Cl-].[Cl-].[Zr+2]. The molecule has 4 heterocycles. The minimum Gasteiger partial charge on any atom is -1.00 e. The van der Waals surface area contributed by atoms with Crippen molar-refractivity contribution >= 4 is 44.4 Å². The van der Waals surface area contributed by atoms with Crippen LogP contribution in [0.25, 0.3) is 33.0 Å². The molecule has 2 aromatic carbocycles. The molecule has 2 aliphatic carbocycles. The minimum absolute atomic E-state index is 0. The quantitative estimate of drug-likeness (QED) is 0.328. The van der Waals surface area contributed by atoms with Gasteiger partial charge in [-0.15, -0.1) is 0 Å². The Bertz CT molecular complexity index is 1890. The summed E-state index contributed by atoms with van der Waals surface area (Å²) in [5.41, 5.74) is 16.2. The van der Waals surface area contributed by atoms with Crippen molar-refractivity contribution in [3.63, 3.8) is 0 Å². The van der Waals surface area contributed by atoms with E-state index in [2.05, 4.69) is 82.4 Å². The van der Waals surface area contributed by atoms with Crippen LogP contribution in [0.5, 0.6) is 0 Å². The molecule has 7 heteroatoms. The number of hydrogen-bond donors (Lipinski definition) is 0. The maximum atomic E-state index is 4.60. The third-order valence-electron chi connectivity index (χ3n) is 7.65. The smallest absolute Gasteiger partial charge is 1.00 e. The number of nitrogens with zero attached hydrogens (tertiary/aromatic N) is 4. The van der Waals surface area contributed by atoms with Crippen molar-refractivity contribution in [2.75, 3.05) is 0 Å². The molecule has 0 unspecified atom stereocenters. The van der Waals surface area contributed by atoms with Gasteiger partial charge in [0.15, 0.2) is 0 Å². The van der Waals surface area contributed by atoms with Gasteiger partial charge in [0.1, 0.15) is 0 Å². The maximum Gasteiger partial charge on any atom is 2.00 e. The number of para-hydroxylation sites is 2. The largest absolute Gasteiger partial charge is 2.00 e. The van der Waals surface area contributed by atoms with Crippen LogP contribution in [-0.2, 0) is 26.2 Å². The zero-order chi connectivity index (χ0) is 27.4. The van der Waals surface area contributed by atoms with Gasteiger partial charge in [0, 0.05) is 56.9 Å². The molecule has 43 heavy (non-hydrogen) atoms. The van der Waals surface area contributed by atoms with E-state index in [1.165, 1.54) is 44.2 Å². The van der Waals surface area contributed by atoms with E-state index in [9.17, 15) is 0 Å². The van der Waals surface area contributed by atoms with Crippen LogP contribution in [0.4, 0.5) is 0 Å². The molecule has 210 valence electrons. The fraction of sp³-hybridized carbons (Fsp3) is 0.111. The van der Waals surface area contributed by atoms with E-state index in [0.717, 1.165) is 45.0 Å². The number of benzene rings is 2. The summed E-state index contributed by atoms with van der Waals surface area (Å²) in [5, 5.41) is 2.35. The van der Waals surface area contributed by atoms with Gasteiger partial charge in [-0.1, -0.05) is 36.4 Å². The third kappa shape index (κ3) is 6.00. The summed E-state index contributed by atoms with van der Waals surface area (Å²) < 4.78 is 0. The summed E-state index contributed by atoms with van der Waals surface area (Å²) in [5.74, 6) is 0. The number of allylic oxidation sites excluding steroid dienone is 8. The number of rotatable bonds is 2. The first-order valence-corrected chi connectivity index (χ1v) is 13.6. The summed E-state index contributed by atoms with van der Waals surface area (Å²) >= 11 is 0. The number of hydrogen-bond acceptors (Lipinski definition) is 4.